The molecule has 0 heterocycles. The fourth-order valence-corrected chi connectivity index (χ4v) is 1.34. The number of hydrogen-bond acceptors (Lipinski definition) is 2. The van der Waals surface area contributed by atoms with Crippen molar-refractivity contribution in [3.63, 3.8) is 0 Å². The summed E-state index contributed by atoms with van der Waals surface area (Å²) in [5.74, 6) is 0. The summed E-state index contributed by atoms with van der Waals surface area (Å²) in [5.41, 5.74) is 1.10. The van der Waals surface area contributed by atoms with E-state index in [-0.39, 0.29) is 0 Å². The highest BCUT2D eigenvalue weighted by atomic mass is 32.1. The van der Waals surface area contributed by atoms with Crippen molar-refractivity contribution in [2.75, 3.05) is 0 Å². The first-order valence-electron chi connectivity index (χ1n) is 3.92. The Morgan fingerprint density at radius 2 is 1.71 bits per heavy atom. The van der Waals surface area contributed by atoms with E-state index in [1.807, 2.05) is 0 Å². The third kappa shape index (κ3) is 3.08. The zero-order chi connectivity index (χ0) is 11.0. The van der Waals surface area contributed by atoms with Gasteiger partial charge in [0.05, 0.1) is 20.9 Å². The highest BCUT2D eigenvalue weighted by Crippen LogP contribution is 2.28. The highest BCUT2D eigenvalue weighted by molar-refractivity contribution is 7.84. The molecule has 1 rings (SSSR count). The van der Waals surface area contributed by atoms with Crippen LogP contribution in [0.5, 0.6) is 0 Å². The monoisotopic (exact) mass is 216 g/mol. The van der Waals surface area contributed by atoms with Crippen LogP contribution in [0.3, 0.4) is 0 Å². The molecule has 2 atom stereocenters. The minimum Gasteiger partial charge on any atom is -0.391 e. The number of benzene rings is 1. The van der Waals surface area contributed by atoms with Gasteiger partial charge in [0.2, 0.25) is 0 Å². The maximum absolute atomic E-state index is 9.51. The standard InChI is InChI=1S/C8H8B3OPS/c9-7(10,14)5-2-1-3-6(4-5)8(11,12)13/h1-4,12,14H,13H2. The van der Waals surface area contributed by atoms with Gasteiger partial charge >= 0.3 is 0 Å². The summed E-state index contributed by atoms with van der Waals surface area (Å²) in [5, 5.41) is 8.04. The van der Waals surface area contributed by atoms with Crippen molar-refractivity contribution >= 4 is 45.4 Å². The van der Waals surface area contributed by atoms with E-state index < -0.39 is 9.79 Å². The maximum atomic E-state index is 9.51. The Hall–Kier alpha value is 0.155. The summed E-state index contributed by atoms with van der Waals surface area (Å²) in [4.78, 5) is 0. The fourth-order valence-electron chi connectivity index (χ4n) is 1.02. The van der Waals surface area contributed by atoms with Gasteiger partial charge in [-0.25, -0.2) is 0 Å². The second kappa shape index (κ2) is 3.96. The molecule has 0 spiro atoms. The summed E-state index contributed by atoms with van der Waals surface area (Å²) in [6.45, 7) is 0. The molecular weight excluding hydrogens is 208 g/mol. The average molecular weight is 216 g/mol. The van der Waals surface area contributed by atoms with Gasteiger partial charge in [0, 0.05) is 0 Å². The van der Waals surface area contributed by atoms with Crippen molar-refractivity contribution in [3.05, 3.63) is 35.4 Å². The molecule has 0 bridgehead atoms. The molecule has 14 heavy (non-hydrogen) atoms. The molecule has 0 aliphatic heterocycles. The lowest BCUT2D eigenvalue weighted by Crippen LogP contribution is -2.21. The third-order valence-corrected chi connectivity index (χ3v) is 2.38. The predicted octanol–water partition coefficient (Wildman–Crippen LogP) is 0.210. The summed E-state index contributed by atoms with van der Waals surface area (Å²) < 4.78 is -1.23. The molecular formula is C8H8B3OPS. The van der Waals surface area contributed by atoms with E-state index in [4.69, 9.17) is 23.5 Å². The van der Waals surface area contributed by atoms with Crippen LogP contribution in [-0.4, -0.2) is 28.6 Å². The first kappa shape index (κ1) is 12.2. The van der Waals surface area contributed by atoms with Crippen LogP contribution in [0.15, 0.2) is 24.3 Å². The molecule has 0 fully saturated rings. The van der Waals surface area contributed by atoms with E-state index in [2.05, 4.69) is 21.9 Å². The fraction of sp³-hybridized carbons (Fsp3) is 0.250. The molecule has 2 unspecified atom stereocenters. The molecule has 0 amide bonds. The van der Waals surface area contributed by atoms with Crippen LogP contribution in [0.2, 0.25) is 0 Å². The average Bonchev–Trinajstić information content (AvgIpc) is 2.01. The van der Waals surface area contributed by atoms with Crippen LogP contribution in [0.25, 0.3) is 0 Å². The number of thiol groups is 1. The van der Waals surface area contributed by atoms with Crippen LogP contribution < -0.4 is 0 Å². The van der Waals surface area contributed by atoms with E-state index >= 15 is 0 Å². The van der Waals surface area contributed by atoms with Crippen LogP contribution in [0, 0.1) is 0 Å². The quantitative estimate of drug-likeness (QED) is 0.411. The van der Waals surface area contributed by atoms with Gasteiger partial charge in [-0.05, 0) is 15.7 Å². The molecule has 1 N–H and O–H groups in total. The van der Waals surface area contributed by atoms with Gasteiger partial charge in [-0.15, -0.1) is 9.24 Å². The van der Waals surface area contributed by atoms with Crippen molar-refractivity contribution in [1.82, 2.24) is 0 Å². The smallest absolute Gasteiger partial charge is 0.125 e. The zero-order valence-corrected chi connectivity index (χ0v) is 9.56. The van der Waals surface area contributed by atoms with Crippen molar-refractivity contribution in [2.45, 2.75) is 9.79 Å². The van der Waals surface area contributed by atoms with Crippen LogP contribution in [0.4, 0.5) is 0 Å². The molecule has 6 heteroatoms. The summed E-state index contributed by atoms with van der Waals surface area (Å²) in [6.07, 6.45) is 0. The third-order valence-electron chi connectivity index (χ3n) is 1.79. The van der Waals surface area contributed by atoms with Gasteiger partial charge in [-0.1, -0.05) is 24.3 Å². The van der Waals surface area contributed by atoms with Gasteiger partial charge in [0.15, 0.2) is 0 Å². The topological polar surface area (TPSA) is 20.2 Å². The van der Waals surface area contributed by atoms with Crippen LogP contribution >= 0.6 is 21.9 Å². The first-order chi connectivity index (χ1) is 6.21. The Bertz CT molecular complexity index is 303. The Morgan fingerprint density at radius 1 is 1.21 bits per heavy atom. The molecule has 1 nitrogen and oxygen atoms in total. The zero-order valence-electron chi connectivity index (χ0n) is 7.51. The minimum atomic E-state index is -1.48. The van der Waals surface area contributed by atoms with E-state index in [0.717, 1.165) is 0 Å². The van der Waals surface area contributed by atoms with E-state index in [1.165, 1.54) is 0 Å². The SMILES string of the molecule is [B]C(O)(P)c1cccc(C([B])([B])S)c1. The van der Waals surface area contributed by atoms with E-state index in [9.17, 15) is 5.11 Å². The molecule has 0 saturated carbocycles. The second-order valence-corrected chi connectivity index (χ2v) is 4.85. The number of hydrogen-bond donors (Lipinski definition) is 2. The Kier molecular flexibility index (Phi) is 3.46. The van der Waals surface area contributed by atoms with Crippen molar-refractivity contribution in [2.24, 2.45) is 0 Å². The van der Waals surface area contributed by atoms with Gasteiger partial charge in [-0.2, -0.15) is 12.6 Å². The largest absolute Gasteiger partial charge is 0.391 e. The summed E-state index contributed by atoms with van der Waals surface area (Å²) in [6, 6.07) is 6.71. The Balaban J connectivity index is 3.15. The summed E-state index contributed by atoms with van der Waals surface area (Å²) >= 11 is 4.01. The normalized spacial score (nSPS) is 16.2. The van der Waals surface area contributed by atoms with Gasteiger partial charge < -0.3 is 5.11 Å². The predicted molar refractivity (Wildman–Crippen MR) is 68.0 cm³/mol. The first-order valence-corrected chi connectivity index (χ1v) is 4.95. The second-order valence-electron chi connectivity index (χ2n) is 3.23. The van der Waals surface area contributed by atoms with E-state index in [1.54, 1.807) is 24.3 Å². The van der Waals surface area contributed by atoms with E-state index in [0.29, 0.717) is 11.1 Å². The lowest BCUT2D eigenvalue weighted by atomic mass is 9.65. The minimum absolute atomic E-state index is 0.509. The Morgan fingerprint density at radius 3 is 2.14 bits per heavy atom. The maximum Gasteiger partial charge on any atom is 0.125 e. The highest BCUT2D eigenvalue weighted by Gasteiger charge is 2.19. The van der Waals surface area contributed by atoms with Crippen LogP contribution in [-0.2, 0) is 9.79 Å². The van der Waals surface area contributed by atoms with Crippen molar-refractivity contribution in [3.8, 4) is 0 Å². The number of rotatable bonds is 2. The molecule has 0 aliphatic carbocycles. The van der Waals surface area contributed by atoms with Gasteiger partial charge in [0.25, 0.3) is 0 Å². The van der Waals surface area contributed by atoms with Gasteiger partial charge in [0.1, 0.15) is 7.85 Å². The lowest BCUT2D eigenvalue weighted by Gasteiger charge is -2.24. The van der Waals surface area contributed by atoms with Crippen molar-refractivity contribution in [1.29, 1.82) is 0 Å². The molecule has 0 aromatic heterocycles. The Labute approximate surface area is 95.9 Å². The van der Waals surface area contributed by atoms with Gasteiger partial charge in [-0.3, -0.25) is 0 Å². The molecule has 1 aromatic rings. The molecule has 0 aliphatic rings. The summed E-state index contributed by atoms with van der Waals surface area (Å²) in [7, 11) is 18.8. The lowest BCUT2D eigenvalue weighted by molar-refractivity contribution is 0.225. The molecule has 0 saturated heterocycles. The molecule has 1 aromatic carbocycles. The molecule has 6 radical (unpaired) electrons. The molecule has 66 valence electrons. The van der Waals surface area contributed by atoms with Crippen LogP contribution in [0.1, 0.15) is 11.1 Å². The number of aliphatic hydroxyl groups is 1. The van der Waals surface area contributed by atoms with Crippen molar-refractivity contribution < 1.29 is 5.11 Å².